The van der Waals surface area contributed by atoms with Crippen molar-refractivity contribution in [2.24, 2.45) is 5.73 Å². The molecule has 0 saturated heterocycles. The Kier molecular flexibility index (Phi) is 3.26. The third kappa shape index (κ3) is 2.06. The summed E-state index contributed by atoms with van der Waals surface area (Å²) in [5.74, 6) is 0. The molecular weight excluding hydrogens is 148 g/mol. The topological polar surface area (TPSA) is 38.0 Å². The minimum absolute atomic E-state index is 0.626. The van der Waals surface area contributed by atoms with E-state index >= 15 is 0 Å². The predicted molar refractivity (Wildman–Crippen MR) is 51.8 cm³/mol. The van der Waals surface area contributed by atoms with Gasteiger partial charge in [-0.15, -0.1) is 0 Å². The van der Waals surface area contributed by atoms with Crippen molar-refractivity contribution in [1.29, 1.82) is 0 Å². The van der Waals surface area contributed by atoms with E-state index in [2.05, 4.69) is 30.4 Å². The molecular formula is C10H16N2. The minimum atomic E-state index is 0.626. The van der Waals surface area contributed by atoms with Crippen molar-refractivity contribution < 1.29 is 0 Å². The van der Waals surface area contributed by atoms with Crippen molar-refractivity contribution in [3.8, 4) is 0 Å². The smallest absolute Gasteiger partial charge is 0.0205 e. The average molecular weight is 164 g/mol. The molecule has 1 aromatic carbocycles. The normalized spacial score (nSPS) is 10.2. The molecule has 0 saturated carbocycles. The molecule has 0 spiro atoms. The van der Waals surface area contributed by atoms with Gasteiger partial charge in [-0.1, -0.05) is 18.2 Å². The van der Waals surface area contributed by atoms with Gasteiger partial charge in [0.1, 0.15) is 0 Å². The standard InChI is InChI=1S/C10H16N2/c1-8-5-9(6-11)3-4-10(8)7-12-2/h3-5,12H,6-7,11H2,1-2H3. The molecule has 12 heavy (non-hydrogen) atoms. The Bertz CT molecular complexity index is 256. The summed E-state index contributed by atoms with van der Waals surface area (Å²) in [5.41, 5.74) is 9.38. The maximum atomic E-state index is 5.53. The monoisotopic (exact) mass is 164 g/mol. The summed E-state index contributed by atoms with van der Waals surface area (Å²) in [6.07, 6.45) is 0. The lowest BCUT2D eigenvalue weighted by Gasteiger charge is -2.06. The van der Waals surface area contributed by atoms with Crippen molar-refractivity contribution in [2.45, 2.75) is 20.0 Å². The summed E-state index contributed by atoms with van der Waals surface area (Å²) in [6, 6.07) is 6.36. The Morgan fingerprint density at radius 2 is 2.17 bits per heavy atom. The second kappa shape index (κ2) is 4.24. The maximum absolute atomic E-state index is 5.53. The van der Waals surface area contributed by atoms with Crippen LogP contribution in [0.5, 0.6) is 0 Å². The zero-order valence-electron chi connectivity index (χ0n) is 7.72. The van der Waals surface area contributed by atoms with E-state index < -0.39 is 0 Å². The van der Waals surface area contributed by atoms with Crippen LogP contribution in [0.4, 0.5) is 0 Å². The number of aryl methyl sites for hydroxylation is 1. The van der Waals surface area contributed by atoms with Crippen molar-refractivity contribution in [3.05, 3.63) is 34.9 Å². The Morgan fingerprint density at radius 3 is 2.67 bits per heavy atom. The van der Waals surface area contributed by atoms with Gasteiger partial charge < -0.3 is 11.1 Å². The highest BCUT2D eigenvalue weighted by Gasteiger charge is 1.97. The lowest BCUT2D eigenvalue weighted by atomic mass is 10.1. The van der Waals surface area contributed by atoms with E-state index in [0.29, 0.717) is 6.54 Å². The van der Waals surface area contributed by atoms with Gasteiger partial charge >= 0.3 is 0 Å². The first kappa shape index (κ1) is 9.23. The lowest BCUT2D eigenvalue weighted by molar-refractivity contribution is 0.811. The molecule has 0 bridgehead atoms. The molecule has 0 atom stereocenters. The van der Waals surface area contributed by atoms with Gasteiger partial charge in [-0.3, -0.25) is 0 Å². The van der Waals surface area contributed by atoms with Crippen molar-refractivity contribution >= 4 is 0 Å². The summed E-state index contributed by atoms with van der Waals surface area (Å²) in [6.45, 7) is 3.67. The van der Waals surface area contributed by atoms with E-state index in [9.17, 15) is 0 Å². The first-order valence-electron chi connectivity index (χ1n) is 4.21. The molecule has 0 aliphatic rings. The van der Waals surface area contributed by atoms with E-state index in [1.807, 2.05) is 7.05 Å². The molecule has 0 aliphatic heterocycles. The average Bonchev–Trinajstić information content (AvgIpc) is 2.09. The summed E-state index contributed by atoms with van der Waals surface area (Å²) in [4.78, 5) is 0. The van der Waals surface area contributed by atoms with Crippen LogP contribution in [0.3, 0.4) is 0 Å². The molecule has 0 heterocycles. The summed E-state index contributed by atoms with van der Waals surface area (Å²) in [5, 5.41) is 3.13. The van der Waals surface area contributed by atoms with Crippen LogP contribution < -0.4 is 11.1 Å². The fourth-order valence-corrected chi connectivity index (χ4v) is 1.27. The number of hydrogen-bond acceptors (Lipinski definition) is 2. The fraction of sp³-hybridized carbons (Fsp3) is 0.400. The Morgan fingerprint density at radius 1 is 1.42 bits per heavy atom. The number of benzene rings is 1. The first-order valence-corrected chi connectivity index (χ1v) is 4.21. The largest absolute Gasteiger partial charge is 0.326 e. The van der Waals surface area contributed by atoms with Gasteiger partial charge in [-0.25, -0.2) is 0 Å². The Balaban J connectivity index is 2.87. The van der Waals surface area contributed by atoms with Crippen molar-refractivity contribution in [1.82, 2.24) is 5.32 Å². The minimum Gasteiger partial charge on any atom is -0.326 e. The molecule has 0 fully saturated rings. The molecule has 2 heteroatoms. The van der Waals surface area contributed by atoms with Gasteiger partial charge in [0.25, 0.3) is 0 Å². The zero-order valence-corrected chi connectivity index (χ0v) is 7.72. The summed E-state index contributed by atoms with van der Waals surface area (Å²) >= 11 is 0. The van der Waals surface area contributed by atoms with Crippen LogP contribution in [0.2, 0.25) is 0 Å². The molecule has 66 valence electrons. The van der Waals surface area contributed by atoms with Crippen LogP contribution in [-0.4, -0.2) is 7.05 Å². The SMILES string of the molecule is CNCc1ccc(CN)cc1C. The van der Waals surface area contributed by atoms with Gasteiger partial charge in [-0.2, -0.15) is 0 Å². The fourth-order valence-electron chi connectivity index (χ4n) is 1.27. The molecule has 0 aliphatic carbocycles. The summed E-state index contributed by atoms with van der Waals surface area (Å²) < 4.78 is 0. The highest BCUT2D eigenvalue weighted by atomic mass is 14.8. The maximum Gasteiger partial charge on any atom is 0.0205 e. The molecule has 1 aromatic rings. The Labute approximate surface area is 73.8 Å². The van der Waals surface area contributed by atoms with Crippen molar-refractivity contribution in [2.75, 3.05) is 7.05 Å². The third-order valence-corrected chi connectivity index (χ3v) is 2.01. The number of hydrogen-bond donors (Lipinski definition) is 2. The van der Waals surface area contributed by atoms with Crippen LogP contribution in [0.15, 0.2) is 18.2 Å². The molecule has 3 N–H and O–H groups in total. The highest BCUT2D eigenvalue weighted by Crippen LogP contribution is 2.10. The number of nitrogens with one attached hydrogen (secondary N) is 1. The van der Waals surface area contributed by atoms with Gasteiger partial charge in [-0.05, 0) is 30.7 Å². The third-order valence-electron chi connectivity index (χ3n) is 2.01. The van der Waals surface area contributed by atoms with Crippen LogP contribution in [-0.2, 0) is 13.1 Å². The molecule has 0 aromatic heterocycles. The quantitative estimate of drug-likeness (QED) is 0.704. The van der Waals surface area contributed by atoms with Gasteiger partial charge in [0.2, 0.25) is 0 Å². The van der Waals surface area contributed by atoms with E-state index in [4.69, 9.17) is 5.73 Å². The van der Waals surface area contributed by atoms with E-state index in [0.717, 1.165) is 6.54 Å². The molecule has 0 unspecified atom stereocenters. The summed E-state index contributed by atoms with van der Waals surface area (Å²) in [7, 11) is 1.95. The van der Waals surface area contributed by atoms with Gasteiger partial charge in [0, 0.05) is 13.1 Å². The second-order valence-corrected chi connectivity index (χ2v) is 3.00. The lowest BCUT2D eigenvalue weighted by Crippen LogP contribution is -2.07. The van der Waals surface area contributed by atoms with E-state index in [1.165, 1.54) is 16.7 Å². The highest BCUT2D eigenvalue weighted by molar-refractivity contribution is 5.30. The van der Waals surface area contributed by atoms with Crippen molar-refractivity contribution in [3.63, 3.8) is 0 Å². The molecule has 0 radical (unpaired) electrons. The zero-order chi connectivity index (χ0) is 8.97. The second-order valence-electron chi connectivity index (χ2n) is 3.00. The molecule has 1 rings (SSSR count). The van der Waals surface area contributed by atoms with Crippen LogP contribution in [0.1, 0.15) is 16.7 Å². The van der Waals surface area contributed by atoms with Gasteiger partial charge in [0.15, 0.2) is 0 Å². The number of rotatable bonds is 3. The van der Waals surface area contributed by atoms with E-state index in [1.54, 1.807) is 0 Å². The van der Waals surface area contributed by atoms with Crippen LogP contribution in [0.25, 0.3) is 0 Å². The number of nitrogens with two attached hydrogens (primary N) is 1. The Hall–Kier alpha value is -0.860. The predicted octanol–water partition coefficient (Wildman–Crippen LogP) is 1.17. The van der Waals surface area contributed by atoms with Crippen LogP contribution in [0, 0.1) is 6.92 Å². The van der Waals surface area contributed by atoms with Gasteiger partial charge in [0.05, 0.1) is 0 Å². The molecule has 2 nitrogen and oxygen atoms in total. The molecule has 0 amide bonds. The van der Waals surface area contributed by atoms with Crippen LogP contribution >= 0.6 is 0 Å². The first-order chi connectivity index (χ1) is 5.77. The van der Waals surface area contributed by atoms with E-state index in [-0.39, 0.29) is 0 Å².